The maximum Gasteiger partial charge on any atom is 0.408 e. The Kier molecular flexibility index (Phi) is 5.93. The van der Waals surface area contributed by atoms with E-state index in [0.29, 0.717) is 0 Å². The molecule has 0 aromatic rings. The van der Waals surface area contributed by atoms with Gasteiger partial charge in [-0.2, -0.15) is 13.2 Å². The third-order valence-electron chi connectivity index (χ3n) is 3.46. The molecule has 2 amide bonds. The lowest BCUT2D eigenvalue weighted by Gasteiger charge is -2.41. The van der Waals surface area contributed by atoms with Crippen LogP contribution in [0.2, 0.25) is 0 Å². The predicted octanol–water partition coefficient (Wildman–Crippen LogP) is 3.09. The molecule has 5 nitrogen and oxygen atoms in total. The fraction of sp³-hybridized carbons (Fsp3) is 0.867. The molecule has 0 radical (unpaired) electrons. The number of nitrogens with one attached hydrogen (secondary N) is 1. The molecule has 0 unspecified atom stereocenters. The highest BCUT2D eigenvalue weighted by Crippen LogP contribution is 2.32. The molecule has 0 aliphatic carbocycles. The largest absolute Gasteiger partial charge is 0.444 e. The first-order valence-electron chi connectivity index (χ1n) is 7.68. The van der Waals surface area contributed by atoms with Crippen molar-refractivity contribution >= 4 is 12.0 Å². The van der Waals surface area contributed by atoms with Crippen molar-refractivity contribution in [3.05, 3.63) is 0 Å². The highest BCUT2D eigenvalue weighted by molar-refractivity contribution is 5.79. The molecule has 1 aliphatic rings. The summed E-state index contributed by atoms with van der Waals surface area (Å²) in [5.74, 6) is -1.11. The zero-order chi connectivity index (χ0) is 18.0. The van der Waals surface area contributed by atoms with Crippen molar-refractivity contribution in [3.63, 3.8) is 0 Å². The summed E-state index contributed by atoms with van der Waals surface area (Å²) in [5, 5.41) is 2.55. The Morgan fingerprint density at radius 1 is 1.17 bits per heavy atom. The lowest BCUT2D eigenvalue weighted by atomic mass is 9.96. The molecule has 2 atom stereocenters. The van der Waals surface area contributed by atoms with Crippen LogP contribution in [0.15, 0.2) is 0 Å². The molecule has 1 fully saturated rings. The minimum absolute atomic E-state index is 0.144. The summed E-state index contributed by atoms with van der Waals surface area (Å²) in [6.07, 6.45) is -5.25. The standard InChI is InChI=1S/C15H25F3N2O3/c1-9(2)12(21)20-8-10(6-7-11(20)15(16,17)18)19-13(22)23-14(3,4)5/h9-11H,6-8H2,1-5H3,(H,19,22)/t10-,11+/m1/s1. The summed E-state index contributed by atoms with van der Waals surface area (Å²) < 4.78 is 44.5. The van der Waals surface area contributed by atoms with E-state index in [0.717, 1.165) is 4.90 Å². The number of alkyl halides is 3. The second-order valence-corrected chi connectivity index (χ2v) is 7.12. The van der Waals surface area contributed by atoms with E-state index in [-0.39, 0.29) is 19.4 Å². The average Bonchev–Trinajstić information content (AvgIpc) is 2.33. The van der Waals surface area contributed by atoms with E-state index in [2.05, 4.69) is 5.32 Å². The van der Waals surface area contributed by atoms with Crippen molar-refractivity contribution < 1.29 is 27.5 Å². The predicted molar refractivity (Wildman–Crippen MR) is 78.8 cm³/mol. The molecule has 0 aromatic carbocycles. The maximum absolute atomic E-state index is 13.1. The summed E-state index contributed by atoms with van der Waals surface area (Å²) in [7, 11) is 0. The fourth-order valence-electron chi connectivity index (χ4n) is 2.48. The number of amides is 2. The molecule has 0 bridgehead atoms. The third kappa shape index (κ3) is 5.91. The highest BCUT2D eigenvalue weighted by Gasteiger charge is 2.48. The van der Waals surface area contributed by atoms with Gasteiger partial charge < -0.3 is 15.0 Å². The highest BCUT2D eigenvalue weighted by atomic mass is 19.4. The van der Waals surface area contributed by atoms with E-state index in [9.17, 15) is 22.8 Å². The van der Waals surface area contributed by atoms with Crippen LogP contribution in [0.3, 0.4) is 0 Å². The molecule has 1 aliphatic heterocycles. The van der Waals surface area contributed by atoms with Gasteiger partial charge in [0.15, 0.2) is 0 Å². The summed E-state index contributed by atoms with van der Waals surface area (Å²) in [4.78, 5) is 24.7. The second kappa shape index (κ2) is 6.97. The van der Waals surface area contributed by atoms with Gasteiger partial charge in [-0.15, -0.1) is 0 Å². The summed E-state index contributed by atoms with van der Waals surface area (Å²) in [6.45, 7) is 8.03. The molecule has 1 N–H and O–H groups in total. The van der Waals surface area contributed by atoms with Crippen LogP contribution in [0, 0.1) is 5.92 Å². The Morgan fingerprint density at radius 3 is 2.17 bits per heavy atom. The lowest BCUT2D eigenvalue weighted by molar-refractivity contribution is -0.198. The molecule has 1 heterocycles. The Morgan fingerprint density at radius 2 is 1.74 bits per heavy atom. The molecule has 134 valence electrons. The minimum Gasteiger partial charge on any atom is -0.444 e. The Labute approximate surface area is 134 Å². The van der Waals surface area contributed by atoms with Crippen LogP contribution in [0.4, 0.5) is 18.0 Å². The normalized spacial score (nSPS) is 22.9. The molecule has 23 heavy (non-hydrogen) atoms. The van der Waals surface area contributed by atoms with Gasteiger partial charge in [-0.1, -0.05) is 13.8 Å². The van der Waals surface area contributed by atoms with E-state index < -0.39 is 41.8 Å². The van der Waals surface area contributed by atoms with Crippen molar-refractivity contribution in [1.82, 2.24) is 10.2 Å². The van der Waals surface area contributed by atoms with Crippen molar-refractivity contribution in [1.29, 1.82) is 0 Å². The summed E-state index contributed by atoms with van der Waals surface area (Å²) in [6, 6.07) is -2.35. The third-order valence-corrected chi connectivity index (χ3v) is 3.46. The van der Waals surface area contributed by atoms with Crippen molar-refractivity contribution in [2.24, 2.45) is 5.92 Å². The van der Waals surface area contributed by atoms with Crippen LogP contribution < -0.4 is 5.32 Å². The monoisotopic (exact) mass is 338 g/mol. The number of carbonyl (C=O) groups is 2. The van der Waals surface area contributed by atoms with Crippen LogP contribution in [-0.2, 0) is 9.53 Å². The van der Waals surface area contributed by atoms with Crippen LogP contribution in [0.1, 0.15) is 47.5 Å². The number of hydrogen-bond donors (Lipinski definition) is 1. The van der Waals surface area contributed by atoms with Gasteiger partial charge in [0, 0.05) is 18.5 Å². The van der Waals surface area contributed by atoms with Crippen molar-refractivity contribution in [2.75, 3.05) is 6.54 Å². The number of ether oxygens (including phenoxy) is 1. The summed E-state index contributed by atoms with van der Waals surface area (Å²) in [5.41, 5.74) is -0.694. The number of alkyl carbamates (subject to hydrolysis) is 1. The first kappa shape index (κ1) is 19.6. The first-order valence-corrected chi connectivity index (χ1v) is 7.68. The molecule has 0 spiro atoms. The molecule has 1 rings (SSSR count). The van der Waals surface area contributed by atoms with E-state index in [4.69, 9.17) is 4.74 Å². The van der Waals surface area contributed by atoms with Gasteiger partial charge in [0.1, 0.15) is 11.6 Å². The number of nitrogens with zero attached hydrogens (tertiary/aromatic N) is 1. The van der Waals surface area contributed by atoms with Crippen LogP contribution >= 0.6 is 0 Å². The van der Waals surface area contributed by atoms with E-state index in [1.54, 1.807) is 34.6 Å². The molecule has 0 saturated carbocycles. The van der Waals surface area contributed by atoms with Gasteiger partial charge in [-0.3, -0.25) is 4.79 Å². The minimum atomic E-state index is -4.47. The first-order chi connectivity index (χ1) is 10.3. The van der Waals surface area contributed by atoms with Gasteiger partial charge in [0.2, 0.25) is 5.91 Å². The molecule has 0 aromatic heterocycles. The number of likely N-dealkylation sites (tertiary alicyclic amines) is 1. The van der Waals surface area contributed by atoms with Gasteiger partial charge >= 0.3 is 12.3 Å². The quantitative estimate of drug-likeness (QED) is 0.842. The van der Waals surface area contributed by atoms with E-state index >= 15 is 0 Å². The molecular formula is C15H25F3N2O3. The van der Waals surface area contributed by atoms with Gasteiger partial charge in [-0.05, 0) is 33.6 Å². The van der Waals surface area contributed by atoms with Crippen LogP contribution in [-0.4, -0.2) is 47.3 Å². The number of carbonyl (C=O) groups excluding carboxylic acids is 2. The molecule has 1 saturated heterocycles. The maximum atomic E-state index is 13.1. The number of piperidine rings is 1. The van der Waals surface area contributed by atoms with E-state index in [1.807, 2.05) is 0 Å². The van der Waals surface area contributed by atoms with Crippen LogP contribution in [0.5, 0.6) is 0 Å². The van der Waals surface area contributed by atoms with Gasteiger partial charge in [0.25, 0.3) is 0 Å². The Balaban J connectivity index is 2.79. The van der Waals surface area contributed by atoms with Crippen molar-refractivity contribution in [3.8, 4) is 0 Å². The van der Waals surface area contributed by atoms with Gasteiger partial charge in [-0.25, -0.2) is 4.79 Å². The fourth-order valence-corrected chi connectivity index (χ4v) is 2.48. The molecule has 8 heteroatoms. The Bertz CT molecular complexity index is 444. The zero-order valence-electron chi connectivity index (χ0n) is 14.2. The zero-order valence-corrected chi connectivity index (χ0v) is 14.2. The lowest BCUT2D eigenvalue weighted by Crippen LogP contribution is -2.59. The van der Waals surface area contributed by atoms with Crippen LogP contribution in [0.25, 0.3) is 0 Å². The number of halogens is 3. The number of rotatable bonds is 2. The van der Waals surface area contributed by atoms with E-state index in [1.165, 1.54) is 0 Å². The second-order valence-electron chi connectivity index (χ2n) is 7.12. The van der Waals surface area contributed by atoms with Gasteiger partial charge in [0.05, 0.1) is 0 Å². The smallest absolute Gasteiger partial charge is 0.408 e. The summed E-state index contributed by atoms with van der Waals surface area (Å²) >= 11 is 0. The number of hydrogen-bond acceptors (Lipinski definition) is 3. The molecular weight excluding hydrogens is 313 g/mol. The average molecular weight is 338 g/mol. The Hall–Kier alpha value is -1.47. The van der Waals surface area contributed by atoms with Crippen molar-refractivity contribution in [2.45, 2.75) is 71.3 Å². The topological polar surface area (TPSA) is 58.6 Å². The SMILES string of the molecule is CC(C)C(=O)N1C[C@H](NC(=O)OC(C)(C)C)CC[C@H]1C(F)(F)F.